The first-order valence-electron chi connectivity index (χ1n) is 6.35. The predicted octanol–water partition coefficient (Wildman–Crippen LogP) is 3.55. The van der Waals surface area contributed by atoms with Crippen LogP contribution in [-0.2, 0) is 0 Å². The Hall–Kier alpha value is -2.44. The molecule has 0 radical (unpaired) electrons. The van der Waals surface area contributed by atoms with Crippen LogP contribution in [0, 0.1) is 29.1 Å². The molecule has 0 saturated heterocycles. The Morgan fingerprint density at radius 3 is 2.05 bits per heavy atom. The van der Waals surface area contributed by atoms with Crippen LogP contribution in [0.1, 0.15) is 5.56 Å². The van der Waals surface area contributed by atoms with Crippen LogP contribution in [0.2, 0.25) is 0 Å². The fraction of sp³-hybridized carbons (Fsp3) is 0.133. The van der Waals surface area contributed by atoms with E-state index in [9.17, 15) is 22.0 Å². The van der Waals surface area contributed by atoms with Crippen LogP contribution in [0.3, 0.4) is 0 Å². The summed E-state index contributed by atoms with van der Waals surface area (Å²) in [4.78, 5) is 1.65. The number of rotatable bonds is 1. The highest BCUT2D eigenvalue weighted by Crippen LogP contribution is 2.31. The van der Waals surface area contributed by atoms with E-state index < -0.39 is 34.8 Å². The lowest BCUT2D eigenvalue weighted by Gasteiger charge is -2.23. The second-order valence-electron chi connectivity index (χ2n) is 4.92. The van der Waals surface area contributed by atoms with Gasteiger partial charge in [0.2, 0.25) is 35.8 Å². The van der Waals surface area contributed by atoms with Crippen molar-refractivity contribution in [2.24, 2.45) is 0 Å². The maximum atomic E-state index is 13.9. The zero-order chi connectivity index (χ0) is 16.0. The van der Waals surface area contributed by atoms with Gasteiger partial charge in [-0.05, 0) is 12.1 Å². The summed E-state index contributed by atoms with van der Waals surface area (Å²) in [6, 6.07) is 6.98. The van der Waals surface area contributed by atoms with Crippen molar-refractivity contribution in [2.45, 2.75) is 0 Å². The zero-order valence-corrected chi connectivity index (χ0v) is 11.4. The van der Waals surface area contributed by atoms with E-state index in [1.165, 1.54) is 6.21 Å². The van der Waals surface area contributed by atoms with E-state index in [-0.39, 0.29) is 6.67 Å². The molecule has 22 heavy (non-hydrogen) atoms. The minimum Gasteiger partial charge on any atom is -0.319 e. The standard InChI is InChI=1S/C15H10F5N2/c1-21-7-22(6-8-4-2-3-5-9(8)21)15-13(19)11(17)10(16)12(18)14(15)20/h2-6H,7H2,1H3/q+1. The number of benzene rings is 2. The van der Waals surface area contributed by atoms with E-state index in [0.717, 1.165) is 10.3 Å². The van der Waals surface area contributed by atoms with Gasteiger partial charge in [0, 0.05) is 7.05 Å². The van der Waals surface area contributed by atoms with Gasteiger partial charge in [-0.2, -0.15) is 13.4 Å². The Labute approximate surface area is 122 Å². The highest BCUT2D eigenvalue weighted by atomic mass is 19.2. The Bertz CT molecular complexity index is 772. The van der Waals surface area contributed by atoms with Crippen molar-refractivity contribution in [3.63, 3.8) is 0 Å². The van der Waals surface area contributed by atoms with Crippen LogP contribution in [0.4, 0.5) is 33.3 Å². The lowest BCUT2D eigenvalue weighted by molar-refractivity contribution is -0.440. The van der Waals surface area contributed by atoms with Gasteiger partial charge in [-0.15, -0.1) is 0 Å². The first-order chi connectivity index (χ1) is 10.4. The quantitative estimate of drug-likeness (QED) is 0.338. The molecule has 2 aromatic rings. The van der Waals surface area contributed by atoms with Crippen LogP contribution in [0.25, 0.3) is 0 Å². The van der Waals surface area contributed by atoms with Crippen LogP contribution < -0.4 is 4.90 Å². The molecule has 0 N–H and O–H groups in total. The predicted molar refractivity (Wildman–Crippen MR) is 71.0 cm³/mol. The van der Waals surface area contributed by atoms with Crippen LogP contribution >= 0.6 is 0 Å². The molecule has 0 bridgehead atoms. The highest BCUT2D eigenvalue weighted by Gasteiger charge is 2.35. The topological polar surface area (TPSA) is 6.25 Å². The number of para-hydroxylation sites is 1. The monoisotopic (exact) mass is 313 g/mol. The van der Waals surface area contributed by atoms with Crippen molar-refractivity contribution < 1.29 is 26.5 Å². The highest BCUT2D eigenvalue weighted by molar-refractivity contribution is 5.86. The Kier molecular flexibility index (Phi) is 3.35. The van der Waals surface area contributed by atoms with E-state index >= 15 is 0 Å². The maximum absolute atomic E-state index is 13.9. The third-order valence-corrected chi connectivity index (χ3v) is 3.48. The smallest absolute Gasteiger partial charge is 0.285 e. The van der Waals surface area contributed by atoms with E-state index in [1.807, 2.05) is 0 Å². The van der Waals surface area contributed by atoms with Gasteiger partial charge in [0.1, 0.15) is 0 Å². The molecule has 114 valence electrons. The van der Waals surface area contributed by atoms with Gasteiger partial charge in [-0.3, -0.25) is 0 Å². The summed E-state index contributed by atoms with van der Waals surface area (Å²) in [6.45, 7) is -0.0463. The van der Waals surface area contributed by atoms with Crippen molar-refractivity contribution in [1.29, 1.82) is 0 Å². The van der Waals surface area contributed by atoms with Gasteiger partial charge in [-0.25, -0.2) is 13.2 Å². The number of anilines is 1. The van der Waals surface area contributed by atoms with Gasteiger partial charge in [0.15, 0.2) is 6.21 Å². The molecule has 0 aliphatic carbocycles. The third-order valence-electron chi connectivity index (χ3n) is 3.48. The van der Waals surface area contributed by atoms with E-state index in [0.29, 0.717) is 5.56 Å². The fourth-order valence-electron chi connectivity index (χ4n) is 2.44. The molecule has 7 heteroatoms. The molecule has 1 heterocycles. The van der Waals surface area contributed by atoms with Crippen molar-refractivity contribution in [2.75, 3.05) is 18.6 Å². The van der Waals surface area contributed by atoms with Gasteiger partial charge in [0.05, 0.1) is 11.3 Å². The Morgan fingerprint density at radius 1 is 0.864 bits per heavy atom. The molecule has 2 aromatic carbocycles. The molecule has 0 amide bonds. The molecule has 2 nitrogen and oxygen atoms in total. The SMILES string of the molecule is CN1C[N+](c2c(F)c(F)c(F)c(F)c2F)=Cc2ccccc21. The first kappa shape index (κ1) is 14.5. The molecule has 1 aliphatic rings. The molecule has 0 spiro atoms. The van der Waals surface area contributed by atoms with Gasteiger partial charge >= 0.3 is 0 Å². The molecule has 3 rings (SSSR count). The molecule has 0 saturated carbocycles. The molecular weight excluding hydrogens is 303 g/mol. The normalized spacial score (nSPS) is 13.9. The van der Waals surface area contributed by atoms with Crippen LogP contribution in [0.15, 0.2) is 24.3 Å². The number of fused-ring (bicyclic) bond motifs is 1. The molecular formula is C15H10F5N2+. The van der Waals surface area contributed by atoms with Gasteiger partial charge in [0.25, 0.3) is 5.69 Å². The Balaban J connectivity index is 2.24. The third kappa shape index (κ3) is 2.04. The number of halogens is 5. The summed E-state index contributed by atoms with van der Waals surface area (Å²) in [6.07, 6.45) is 1.35. The number of hydrogen-bond donors (Lipinski definition) is 0. The number of nitrogens with zero attached hydrogens (tertiary/aromatic N) is 2. The molecule has 0 atom stereocenters. The van der Waals surface area contributed by atoms with Crippen molar-refractivity contribution >= 4 is 17.6 Å². The average Bonchev–Trinajstić information content (AvgIpc) is 2.51. The lowest BCUT2D eigenvalue weighted by atomic mass is 10.1. The van der Waals surface area contributed by atoms with Gasteiger partial charge < -0.3 is 4.90 Å². The van der Waals surface area contributed by atoms with E-state index in [2.05, 4.69) is 0 Å². The van der Waals surface area contributed by atoms with Crippen molar-refractivity contribution in [3.05, 3.63) is 58.9 Å². The maximum Gasteiger partial charge on any atom is 0.285 e. The second kappa shape index (κ2) is 5.08. The summed E-state index contributed by atoms with van der Waals surface area (Å²) in [7, 11) is 1.66. The van der Waals surface area contributed by atoms with E-state index in [1.54, 1.807) is 36.2 Å². The summed E-state index contributed by atoms with van der Waals surface area (Å²) in [5.74, 6) is -9.77. The van der Waals surface area contributed by atoms with Crippen molar-refractivity contribution in [3.8, 4) is 0 Å². The average molecular weight is 313 g/mol. The second-order valence-corrected chi connectivity index (χ2v) is 4.92. The molecule has 0 fully saturated rings. The minimum atomic E-state index is -2.16. The molecule has 0 unspecified atom stereocenters. The molecule has 0 aromatic heterocycles. The molecule has 1 aliphatic heterocycles. The van der Waals surface area contributed by atoms with Crippen LogP contribution in [0.5, 0.6) is 0 Å². The fourth-order valence-corrected chi connectivity index (χ4v) is 2.44. The minimum absolute atomic E-state index is 0.0463. The zero-order valence-electron chi connectivity index (χ0n) is 11.4. The number of hydrogen-bond acceptors (Lipinski definition) is 1. The summed E-state index contributed by atoms with van der Waals surface area (Å²) in [5, 5.41) is 0. The van der Waals surface area contributed by atoms with Crippen LogP contribution in [-0.4, -0.2) is 24.5 Å². The summed E-state index contributed by atoms with van der Waals surface area (Å²) in [5.41, 5.74) is 0.445. The lowest BCUT2D eigenvalue weighted by Crippen LogP contribution is -2.33. The van der Waals surface area contributed by atoms with Crippen molar-refractivity contribution in [1.82, 2.24) is 0 Å². The first-order valence-corrected chi connectivity index (χ1v) is 6.35. The van der Waals surface area contributed by atoms with E-state index in [4.69, 9.17) is 0 Å². The Morgan fingerprint density at radius 2 is 1.41 bits per heavy atom. The summed E-state index contributed by atoms with van der Waals surface area (Å²) >= 11 is 0. The van der Waals surface area contributed by atoms with Gasteiger partial charge in [-0.1, -0.05) is 12.1 Å². The largest absolute Gasteiger partial charge is 0.319 e. The summed E-state index contributed by atoms with van der Waals surface area (Å²) < 4.78 is 68.6.